The number of hydrogen-bond acceptors (Lipinski definition) is 2. The number of nitrogens with zero attached hydrogens (tertiary/aromatic N) is 1. The van der Waals surface area contributed by atoms with Crippen LogP contribution in [-0.2, 0) is 4.79 Å². The molecule has 1 aromatic heterocycles. The van der Waals surface area contributed by atoms with Crippen molar-refractivity contribution >= 4 is 17.8 Å². The van der Waals surface area contributed by atoms with Crippen LogP contribution in [0.5, 0.6) is 0 Å². The fraction of sp³-hybridized carbons (Fsp3) is 0.0667. The summed E-state index contributed by atoms with van der Waals surface area (Å²) in [6, 6.07) is 9.57. The molecule has 0 unspecified atom stereocenters. The lowest BCUT2D eigenvalue weighted by Gasteiger charge is -2.03. The van der Waals surface area contributed by atoms with Crippen molar-refractivity contribution in [2.45, 2.75) is 6.92 Å². The quantitative estimate of drug-likeness (QED) is 0.857. The lowest BCUT2D eigenvalue weighted by atomic mass is 10.2. The normalized spacial score (nSPS) is 10.6. The number of anilines is 1. The van der Waals surface area contributed by atoms with Crippen molar-refractivity contribution in [3.8, 4) is 0 Å². The number of carbonyl (C=O) groups is 1. The standard InChI is InChI=1S/C15H13FN2O/c1-11-3-2-10-17-15(11)18-14(19)9-6-12-4-7-13(16)8-5-12/h2-10H,1H3,(H,17,18,19)/b9-6+. The Bertz CT molecular complexity index is 606. The molecule has 3 nitrogen and oxygen atoms in total. The van der Waals surface area contributed by atoms with Crippen molar-refractivity contribution in [1.29, 1.82) is 0 Å². The summed E-state index contributed by atoms with van der Waals surface area (Å²) in [4.78, 5) is 15.8. The van der Waals surface area contributed by atoms with Crippen LogP contribution < -0.4 is 5.32 Å². The fourth-order valence-corrected chi connectivity index (χ4v) is 1.52. The van der Waals surface area contributed by atoms with Gasteiger partial charge in [-0.3, -0.25) is 4.79 Å². The van der Waals surface area contributed by atoms with Crippen molar-refractivity contribution in [3.05, 3.63) is 65.6 Å². The van der Waals surface area contributed by atoms with E-state index in [4.69, 9.17) is 0 Å². The van der Waals surface area contributed by atoms with Gasteiger partial charge in [-0.05, 0) is 42.3 Å². The van der Waals surface area contributed by atoms with Crippen LogP contribution in [0.2, 0.25) is 0 Å². The number of hydrogen-bond donors (Lipinski definition) is 1. The van der Waals surface area contributed by atoms with Crippen LogP contribution in [-0.4, -0.2) is 10.9 Å². The van der Waals surface area contributed by atoms with Gasteiger partial charge in [0.25, 0.3) is 0 Å². The van der Waals surface area contributed by atoms with E-state index in [9.17, 15) is 9.18 Å². The van der Waals surface area contributed by atoms with E-state index < -0.39 is 0 Å². The first-order valence-corrected chi connectivity index (χ1v) is 5.81. The number of benzene rings is 1. The van der Waals surface area contributed by atoms with Gasteiger partial charge in [0.15, 0.2) is 0 Å². The Morgan fingerprint density at radius 1 is 1.26 bits per heavy atom. The van der Waals surface area contributed by atoms with Gasteiger partial charge in [0.2, 0.25) is 5.91 Å². The van der Waals surface area contributed by atoms with Gasteiger partial charge in [0.05, 0.1) is 0 Å². The molecule has 0 radical (unpaired) electrons. The summed E-state index contributed by atoms with van der Waals surface area (Å²) >= 11 is 0. The minimum atomic E-state index is -0.300. The third-order valence-electron chi connectivity index (χ3n) is 2.55. The van der Waals surface area contributed by atoms with Crippen molar-refractivity contribution in [3.63, 3.8) is 0 Å². The maximum Gasteiger partial charge on any atom is 0.249 e. The fourth-order valence-electron chi connectivity index (χ4n) is 1.52. The number of pyridine rings is 1. The van der Waals surface area contributed by atoms with Crippen molar-refractivity contribution < 1.29 is 9.18 Å². The average Bonchev–Trinajstić information content (AvgIpc) is 2.41. The molecule has 1 N–H and O–H groups in total. The number of carbonyl (C=O) groups excluding carboxylic acids is 1. The molecule has 2 rings (SSSR count). The number of halogens is 1. The lowest BCUT2D eigenvalue weighted by molar-refractivity contribution is -0.111. The summed E-state index contributed by atoms with van der Waals surface area (Å²) < 4.78 is 12.7. The second-order valence-electron chi connectivity index (χ2n) is 4.04. The third-order valence-corrected chi connectivity index (χ3v) is 2.55. The number of rotatable bonds is 3. The molecule has 1 amide bonds. The molecule has 0 fully saturated rings. The molecule has 19 heavy (non-hydrogen) atoms. The van der Waals surface area contributed by atoms with E-state index in [-0.39, 0.29) is 11.7 Å². The first-order chi connectivity index (χ1) is 9.15. The zero-order valence-electron chi connectivity index (χ0n) is 10.4. The van der Waals surface area contributed by atoms with E-state index in [1.807, 2.05) is 13.0 Å². The van der Waals surface area contributed by atoms with Gasteiger partial charge < -0.3 is 5.32 Å². The van der Waals surface area contributed by atoms with Crippen molar-refractivity contribution in [2.24, 2.45) is 0 Å². The van der Waals surface area contributed by atoms with Gasteiger partial charge in [0.1, 0.15) is 11.6 Å². The number of aromatic nitrogens is 1. The first kappa shape index (κ1) is 13.0. The Kier molecular flexibility index (Phi) is 4.03. The highest BCUT2D eigenvalue weighted by atomic mass is 19.1. The number of nitrogens with one attached hydrogen (secondary N) is 1. The molecule has 0 saturated heterocycles. The number of amides is 1. The van der Waals surface area contributed by atoms with E-state index in [2.05, 4.69) is 10.3 Å². The minimum Gasteiger partial charge on any atom is -0.307 e. The molecular weight excluding hydrogens is 243 g/mol. The van der Waals surface area contributed by atoms with Gasteiger partial charge in [-0.2, -0.15) is 0 Å². The summed E-state index contributed by atoms with van der Waals surface area (Å²) in [5, 5.41) is 2.68. The first-order valence-electron chi connectivity index (χ1n) is 5.81. The van der Waals surface area contributed by atoms with Gasteiger partial charge in [-0.25, -0.2) is 9.37 Å². The van der Waals surface area contributed by atoms with Crippen LogP contribution >= 0.6 is 0 Å². The van der Waals surface area contributed by atoms with Gasteiger partial charge in [-0.15, -0.1) is 0 Å². The Morgan fingerprint density at radius 3 is 2.68 bits per heavy atom. The van der Waals surface area contributed by atoms with E-state index in [0.29, 0.717) is 5.82 Å². The molecule has 0 spiro atoms. The minimum absolute atomic E-state index is 0.272. The molecule has 0 aliphatic carbocycles. The van der Waals surface area contributed by atoms with E-state index in [0.717, 1.165) is 11.1 Å². The van der Waals surface area contributed by atoms with E-state index in [1.54, 1.807) is 30.5 Å². The maximum absolute atomic E-state index is 12.7. The molecule has 0 saturated carbocycles. The molecule has 1 heterocycles. The Hall–Kier alpha value is -2.49. The molecule has 4 heteroatoms. The predicted octanol–water partition coefficient (Wildman–Crippen LogP) is 3.18. The van der Waals surface area contributed by atoms with E-state index in [1.165, 1.54) is 18.2 Å². The lowest BCUT2D eigenvalue weighted by Crippen LogP contribution is -2.10. The Labute approximate surface area is 110 Å². The number of aryl methyl sites for hydroxylation is 1. The van der Waals surface area contributed by atoms with Gasteiger partial charge in [-0.1, -0.05) is 18.2 Å². The van der Waals surface area contributed by atoms with Crippen LogP contribution in [0.4, 0.5) is 10.2 Å². The molecule has 2 aromatic rings. The average molecular weight is 256 g/mol. The topological polar surface area (TPSA) is 42.0 Å². The summed E-state index contributed by atoms with van der Waals surface area (Å²) in [5.74, 6) is -0.0342. The van der Waals surface area contributed by atoms with Crippen LogP contribution in [0.1, 0.15) is 11.1 Å². The monoisotopic (exact) mass is 256 g/mol. The largest absolute Gasteiger partial charge is 0.307 e. The van der Waals surface area contributed by atoms with E-state index >= 15 is 0 Å². The second kappa shape index (κ2) is 5.91. The second-order valence-corrected chi connectivity index (χ2v) is 4.04. The predicted molar refractivity (Wildman–Crippen MR) is 73.0 cm³/mol. The molecule has 1 aromatic carbocycles. The zero-order valence-corrected chi connectivity index (χ0v) is 10.4. The van der Waals surface area contributed by atoms with Crippen molar-refractivity contribution in [1.82, 2.24) is 4.98 Å². The zero-order chi connectivity index (χ0) is 13.7. The molecule has 0 bridgehead atoms. The molecule has 0 aliphatic heterocycles. The summed E-state index contributed by atoms with van der Waals surface area (Å²) in [6.45, 7) is 1.87. The van der Waals surface area contributed by atoms with Crippen molar-refractivity contribution in [2.75, 3.05) is 5.32 Å². The highest BCUT2D eigenvalue weighted by Crippen LogP contribution is 2.09. The van der Waals surface area contributed by atoms with Gasteiger partial charge in [0, 0.05) is 12.3 Å². The summed E-state index contributed by atoms with van der Waals surface area (Å²) in [5.41, 5.74) is 1.65. The van der Waals surface area contributed by atoms with Crippen LogP contribution in [0.15, 0.2) is 48.7 Å². The Balaban J connectivity index is 2.02. The molecule has 0 atom stereocenters. The smallest absolute Gasteiger partial charge is 0.249 e. The summed E-state index contributed by atoms with van der Waals surface area (Å²) in [6.07, 6.45) is 4.63. The molecule has 0 aliphatic rings. The van der Waals surface area contributed by atoms with Gasteiger partial charge >= 0.3 is 0 Å². The third kappa shape index (κ3) is 3.74. The molecule has 96 valence electrons. The highest BCUT2D eigenvalue weighted by molar-refractivity contribution is 6.01. The highest BCUT2D eigenvalue weighted by Gasteiger charge is 2.01. The maximum atomic E-state index is 12.7. The molecular formula is C15H13FN2O. The summed E-state index contributed by atoms with van der Waals surface area (Å²) in [7, 11) is 0. The van der Waals surface area contributed by atoms with Crippen LogP contribution in [0.25, 0.3) is 6.08 Å². The van der Waals surface area contributed by atoms with Crippen LogP contribution in [0.3, 0.4) is 0 Å². The SMILES string of the molecule is Cc1cccnc1NC(=O)/C=C/c1ccc(F)cc1. The van der Waals surface area contributed by atoms with Crippen LogP contribution in [0, 0.1) is 12.7 Å². The Morgan fingerprint density at radius 2 is 2.00 bits per heavy atom.